The first-order valence-corrected chi connectivity index (χ1v) is 9.07. The van der Waals surface area contributed by atoms with Crippen LogP contribution in [0.15, 0.2) is 54.1 Å². The molecule has 1 unspecified atom stereocenters. The number of nitrogens with zero attached hydrogens (tertiary/aromatic N) is 1. The van der Waals surface area contributed by atoms with Gasteiger partial charge in [0.2, 0.25) is 0 Å². The quantitative estimate of drug-likeness (QED) is 0.848. The number of carboxylic acids is 2. The first-order valence-electron chi connectivity index (χ1n) is 9.07. The zero-order valence-corrected chi connectivity index (χ0v) is 15.0. The van der Waals surface area contributed by atoms with Gasteiger partial charge >= 0.3 is 11.9 Å². The van der Waals surface area contributed by atoms with Crippen molar-refractivity contribution in [2.24, 2.45) is 17.3 Å². The van der Waals surface area contributed by atoms with Crippen molar-refractivity contribution < 1.29 is 19.8 Å². The molecule has 1 aliphatic carbocycles. The fourth-order valence-electron chi connectivity index (χ4n) is 4.46. The van der Waals surface area contributed by atoms with Gasteiger partial charge in [0.15, 0.2) is 0 Å². The maximum atomic E-state index is 12.3. The van der Waals surface area contributed by atoms with E-state index < -0.39 is 23.3 Å². The second-order valence-electron chi connectivity index (χ2n) is 7.31. The van der Waals surface area contributed by atoms with Gasteiger partial charge in [0.1, 0.15) is 0 Å². The molecule has 1 fully saturated rings. The Bertz CT molecular complexity index is 740. The van der Waals surface area contributed by atoms with Gasteiger partial charge < -0.3 is 10.2 Å². The van der Waals surface area contributed by atoms with Gasteiger partial charge in [-0.05, 0) is 30.9 Å². The lowest BCUT2D eigenvalue weighted by Gasteiger charge is -2.45. The number of rotatable bonds is 5. The second-order valence-corrected chi connectivity index (χ2v) is 7.31. The van der Waals surface area contributed by atoms with Crippen molar-refractivity contribution >= 4 is 11.9 Å². The van der Waals surface area contributed by atoms with E-state index in [4.69, 9.17) is 0 Å². The molecular weight excluding hydrogens is 330 g/mol. The average molecular weight is 355 g/mol. The van der Waals surface area contributed by atoms with Crippen LogP contribution in [0.4, 0.5) is 0 Å². The van der Waals surface area contributed by atoms with Crippen molar-refractivity contribution in [3.8, 4) is 0 Å². The topological polar surface area (TPSA) is 77.8 Å². The van der Waals surface area contributed by atoms with Crippen LogP contribution < -0.4 is 0 Å². The molecule has 3 atom stereocenters. The van der Waals surface area contributed by atoms with E-state index in [1.54, 1.807) is 19.1 Å². The zero-order valence-electron chi connectivity index (χ0n) is 15.0. The molecule has 5 nitrogen and oxygen atoms in total. The van der Waals surface area contributed by atoms with Crippen molar-refractivity contribution in [2.45, 2.75) is 26.3 Å². The van der Waals surface area contributed by atoms with E-state index in [0.29, 0.717) is 6.54 Å². The van der Waals surface area contributed by atoms with Gasteiger partial charge in [-0.1, -0.05) is 55.5 Å². The van der Waals surface area contributed by atoms with Gasteiger partial charge in [0.05, 0.1) is 5.41 Å². The van der Waals surface area contributed by atoms with Gasteiger partial charge in [-0.2, -0.15) is 0 Å². The monoisotopic (exact) mass is 355 g/mol. The first kappa shape index (κ1) is 18.4. The predicted octanol–water partition coefficient (Wildman–Crippen LogP) is 3.19. The highest BCUT2D eigenvalue weighted by Gasteiger charge is 2.52. The Morgan fingerprint density at radius 2 is 1.96 bits per heavy atom. The maximum absolute atomic E-state index is 12.3. The Balaban J connectivity index is 1.84. The van der Waals surface area contributed by atoms with Crippen molar-refractivity contribution in [1.82, 2.24) is 4.90 Å². The maximum Gasteiger partial charge on any atom is 0.331 e. The number of allylic oxidation sites excluding steroid dienone is 2. The molecule has 26 heavy (non-hydrogen) atoms. The lowest BCUT2D eigenvalue weighted by Crippen LogP contribution is -2.51. The lowest BCUT2D eigenvalue weighted by molar-refractivity contribution is -0.153. The van der Waals surface area contributed by atoms with Crippen molar-refractivity contribution in [3.05, 3.63) is 59.7 Å². The fourth-order valence-corrected chi connectivity index (χ4v) is 4.46. The zero-order chi connectivity index (χ0) is 18.7. The Labute approximate surface area is 153 Å². The van der Waals surface area contributed by atoms with E-state index in [1.807, 2.05) is 18.2 Å². The molecule has 0 saturated carbocycles. The Morgan fingerprint density at radius 3 is 2.62 bits per heavy atom. The van der Waals surface area contributed by atoms with Crippen LogP contribution in [0, 0.1) is 17.3 Å². The number of aliphatic carboxylic acids is 2. The molecule has 3 rings (SSSR count). The van der Waals surface area contributed by atoms with Gasteiger partial charge in [0.25, 0.3) is 0 Å². The van der Waals surface area contributed by atoms with Crippen LogP contribution in [0.5, 0.6) is 0 Å². The van der Waals surface area contributed by atoms with Crippen LogP contribution in [0.25, 0.3) is 0 Å². The molecule has 1 aliphatic heterocycles. The summed E-state index contributed by atoms with van der Waals surface area (Å²) in [6, 6.07) is 10.1. The third-order valence-corrected chi connectivity index (χ3v) is 5.88. The van der Waals surface area contributed by atoms with E-state index >= 15 is 0 Å². The summed E-state index contributed by atoms with van der Waals surface area (Å²) >= 11 is 0. The molecule has 1 heterocycles. The van der Waals surface area contributed by atoms with E-state index in [0.717, 1.165) is 25.9 Å². The summed E-state index contributed by atoms with van der Waals surface area (Å²) in [6.07, 6.45) is 6.55. The summed E-state index contributed by atoms with van der Waals surface area (Å²) < 4.78 is 0. The van der Waals surface area contributed by atoms with Gasteiger partial charge in [-0.3, -0.25) is 9.69 Å². The smallest absolute Gasteiger partial charge is 0.331 e. The van der Waals surface area contributed by atoms with Gasteiger partial charge in [0, 0.05) is 24.6 Å². The Kier molecular flexibility index (Phi) is 5.28. The minimum Gasteiger partial charge on any atom is -0.481 e. The van der Waals surface area contributed by atoms with Crippen molar-refractivity contribution in [3.63, 3.8) is 0 Å². The van der Waals surface area contributed by atoms with Crippen molar-refractivity contribution in [2.75, 3.05) is 13.1 Å². The highest BCUT2D eigenvalue weighted by molar-refractivity contribution is 5.91. The summed E-state index contributed by atoms with van der Waals surface area (Å²) in [7, 11) is 0. The van der Waals surface area contributed by atoms with Crippen molar-refractivity contribution in [1.29, 1.82) is 0 Å². The highest BCUT2D eigenvalue weighted by atomic mass is 16.4. The Hall–Kier alpha value is -2.40. The molecule has 1 saturated heterocycles. The summed E-state index contributed by atoms with van der Waals surface area (Å²) in [5, 5.41) is 19.6. The SMILES string of the molecule is C[C@@H]1C(C(=O)O)=CC=CC1(C(=O)O)[C@H]1CCCN(Cc2ccccc2)C1. The van der Waals surface area contributed by atoms with Crippen LogP contribution in [-0.4, -0.2) is 40.1 Å². The number of hydrogen-bond donors (Lipinski definition) is 2. The standard InChI is InChI=1S/C21H25NO4/c1-15-18(19(23)24)10-5-11-21(15,20(25)26)17-9-6-12-22(14-17)13-16-7-3-2-4-8-16/h2-5,7-8,10-11,15,17H,6,9,12-14H2,1H3,(H,23,24)(H,25,26)/t15-,17+,21?/m1/s1. The number of benzene rings is 1. The van der Waals surface area contributed by atoms with Gasteiger partial charge in [-0.25, -0.2) is 4.79 Å². The number of carbonyl (C=O) groups is 2. The molecule has 2 N–H and O–H groups in total. The van der Waals surface area contributed by atoms with E-state index in [1.165, 1.54) is 11.6 Å². The molecule has 0 radical (unpaired) electrons. The van der Waals surface area contributed by atoms with E-state index in [2.05, 4.69) is 17.0 Å². The summed E-state index contributed by atoms with van der Waals surface area (Å²) in [5.41, 5.74) is 0.212. The van der Waals surface area contributed by atoms with Crippen LogP contribution in [0.3, 0.4) is 0 Å². The molecule has 0 bridgehead atoms. The Morgan fingerprint density at radius 1 is 1.23 bits per heavy atom. The predicted molar refractivity (Wildman–Crippen MR) is 98.5 cm³/mol. The fraction of sp³-hybridized carbons (Fsp3) is 0.429. The normalized spacial score (nSPS) is 29.2. The third kappa shape index (κ3) is 3.31. The van der Waals surface area contributed by atoms with Crippen LogP contribution in [0.2, 0.25) is 0 Å². The first-order chi connectivity index (χ1) is 12.4. The summed E-state index contributed by atoms with van der Waals surface area (Å²) in [4.78, 5) is 26.2. The van der Waals surface area contributed by atoms with Gasteiger partial charge in [-0.15, -0.1) is 0 Å². The molecule has 0 spiro atoms. The molecule has 1 aromatic carbocycles. The molecular formula is C21H25NO4. The average Bonchev–Trinajstić information content (AvgIpc) is 2.62. The van der Waals surface area contributed by atoms with E-state index in [9.17, 15) is 19.8 Å². The molecule has 138 valence electrons. The number of piperidine rings is 1. The molecule has 5 heteroatoms. The largest absolute Gasteiger partial charge is 0.481 e. The van der Waals surface area contributed by atoms with E-state index in [-0.39, 0.29) is 11.5 Å². The number of hydrogen-bond acceptors (Lipinski definition) is 3. The van der Waals surface area contributed by atoms with Crippen LogP contribution in [-0.2, 0) is 16.1 Å². The molecule has 2 aliphatic rings. The minimum atomic E-state index is -1.17. The van der Waals surface area contributed by atoms with Crippen LogP contribution in [0.1, 0.15) is 25.3 Å². The highest BCUT2D eigenvalue weighted by Crippen LogP contribution is 2.47. The van der Waals surface area contributed by atoms with Crippen LogP contribution >= 0.6 is 0 Å². The summed E-state index contributed by atoms with van der Waals surface area (Å²) in [5.74, 6) is -2.65. The second kappa shape index (κ2) is 7.46. The molecule has 0 amide bonds. The minimum absolute atomic E-state index is 0.119. The number of likely N-dealkylation sites (tertiary alicyclic amines) is 1. The third-order valence-electron chi connectivity index (χ3n) is 5.88. The molecule has 0 aromatic heterocycles. The molecule has 1 aromatic rings. The number of carboxylic acid groups (broad SMARTS) is 2. The summed E-state index contributed by atoms with van der Waals surface area (Å²) in [6.45, 7) is 4.10. The lowest BCUT2D eigenvalue weighted by atomic mass is 9.60.